The molecular formula is C15H21NO3. The number of benzene rings is 1. The van der Waals surface area contributed by atoms with Gasteiger partial charge in [0.1, 0.15) is 5.75 Å². The summed E-state index contributed by atoms with van der Waals surface area (Å²) in [5, 5.41) is 12.6. The molecule has 0 spiro atoms. The summed E-state index contributed by atoms with van der Waals surface area (Å²) in [7, 11) is 1.82. The van der Waals surface area contributed by atoms with Crippen molar-refractivity contribution < 1.29 is 14.6 Å². The van der Waals surface area contributed by atoms with Crippen LogP contribution in [-0.2, 0) is 4.79 Å². The fourth-order valence-corrected chi connectivity index (χ4v) is 2.69. The van der Waals surface area contributed by atoms with Crippen molar-refractivity contribution in [3.8, 4) is 5.75 Å². The Balaban J connectivity index is 2.30. The lowest BCUT2D eigenvalue weighted by Crippen LogP contribution is -2.32. The number of hydrogen-bond donors (Lipinski definition) is 2. The molecule has 4 heteroatoms. The maximum atomic E-state index is 11.4. The molecule has 0 aromatic heterocycles. The van der Waals surface area contributed by atoms with Gasteiger partial charge in [0.05, 0.1) is 12.0 Å². The van der Waals surface area contributed by atoms with Gasteiger partial charge in [-0.2, -0.15) is 0 Å². The first-order valence-corrected chi connectivity index (χ1v) is 6.69. The lowest BCUT2D eigenvalue weighted by atomic mass is 9.89. The zero-order chi connectivity index (χ0) is 14.0. The van der Waals surface area contributed by atoms with Crippen molar-refractivity contribution >= 4 is 5.97 Å². The SMILES string of the molecule is CCOc1ccc(C(NC)C2(C(=O)O)CC2)cc1C. The van der Waals surface area contributed by atoms with Crippen molar-refractivity contribution in [1.29, 1.82) is 0 Å². The Labute approximate surface area is 113 Å². The molecule has 0 saturated heterocycles. The first-order valence-electron chi connectivity index (χ1n) is 6.69. The number of ether oxygens (including phenoxy) is 1. The molecule has 19 heavy (non-hydrogen) atoms. The molecule has 0 heterocycles. The van der Waals surface area contributed by atoms with E-state index in [0.29, 0.717) is 6.61 Å². The van der Waals surface area contributed by atoms with Gasteiger partial charge in [-0.05, 0) is 50.9 Å². The van der Waals surface area contributed by atoms with Crippen LogP contribution in [0.3, 0.4) is 0 Å². The molecule has 1 unspecified atom stereocenters. The first-order chi connectivity index (χ1) is 9.05. The van der Waals surface area contributed by atoms with Crippen LogP contribution in [0.5, 0.6) is 5.75 Å². The molecule has 1 fully saturated rings. The minimum Gasteiger partial charge on any atom is -0.494 e. The largest absolute Gasteiger partial charge is 0.494 e. The van der Waals surface area contributed by atoms with Gasteiger partial charge in [0, 0.05) is 6.04 Å². The first kappa shape index (κ1) is 13.9. The standard InChI is InChI=1S/C15H21NO3/c1-4-19-12-6-5-11(9-10(12)2)13(16-3)15(7-8-15)14(17)18/h5-6,9,13,16H,4,7-8H2,1-3H3,(H,17,18). The van der Waals surface area contributed by atoms with E-state index in [1.54, 1.807) is 0 Å². The van der Waals surface area contributed by atoms with Crippen LogP contribution >= 0.6 is 0 Å². The van der Waals surface area contributed by atoms with Crippen LogP contribution in [0.4, 0.5) is 0 Å². The normalized spacial score (nSPS) is 17.8. The molecule has 1 aliphatic rings. The van der Waals surface area contributed by atoms with Crippen LogP contribution in [-0.4, -0.2) is 24.7 Å². The molecule has 1 atom stereocenters. The second kappa shape index (κ2) is 5.21. The second-order valence-electron chi connectivity index (χ2n) is 5.14. The molecule has 0 bridgehead atoms. The van der Waals surface area contributed by atoms with E-state index in [2.05, 4.69) is 5.32 Å². The van der Waals surface area contributed by atoms with E-state index in [4.69, 9.17) is 4.74 Å². The van der Waals surface area contributed by atoms with E-state index in [0.717, 1.165) is 29.7 Å². The summed E-state index contributed by atoms with van der Waals surface area (Å²) in [6.45, 7) is 4.57. The number of carboxylic acids is 1. The van der Waals surface area contributed by atoms with E-state index >= 15 is 0 Å². The van der Waals surface area contributed by atoms with E-state index in [-0.39, 0.29) is 6.04 Å². The van der Waals surface area contributed by atoms with Crippen molar-refractivity contribution in [1.82, 2.24) is 5.32 Å². The molecule has 4 nitrogen and oxygen atoms in total. The molecule has 1 aliphatic carbocycles. The summed E-state index contributed by atoms with van der Waals surface area (Å²) < 4.78 is 5.52. The number of aliphatic carboxylic acids is 1. The predicted octanol–water partition coefficient (Wildman–Crippen LogP) is 2.52. The van der Waals surface area contributed by atoms with Crippen LogP contribution in [0.15, 0.2) is 18.2 Å². The zero-order valence-corrected chi connectivity index (χ0v) is 11.7. The molecule has 0 radical (unpaired) electrons. The van der Waals surface area contributed by atoms with Crippen LogP contribution in [0, 0.1) is 12.3 Å². The fraction of sp³-hybridized carbons (Fsp3) is 0.533. The maximum absolute atomic E-state index is 11.4. The summed E-state index contributed by atoms with van der Waals surface area (Å²) >= 11 is 0. The Kier molecular flexibility index (Phi) is 3.80. The highest BCUT2D eigenvalue weighted by molar-refractivity contribution is 5.79. The summed E-state index contributed by atoms with van der Waals surface area (Å²) in [5.41, 5.74) is 1.43. The molecule has 0 aliphatic heterocycles. The fourth-order valence-electron chi connectivity index (χ4n) is 2.69. The van der Waals surface area contributed by atoms with Gasteiger partial charge in [0.25, 0.3) is 0 Å². The molecule has 1 aromatic carbocycles. The number of rotatable bonds is 6. The number of nitrogens with one attached hydrogen (secondary N) is 1. The summed E-state index contributed by atoms with van der Waals surface area (Å²) in [4.78, 5) is 11.4. The van der Waals surface area contributed by atoms with Gasteiger partial charge in [-0.1, -0.05) is 12.1 Å². The van der Waals surface area contributed by atoms with Crippen molar-refractivity contribution in [3.05, 3.63) is 29.3 Å². The Morgan fingerprint density at radius 2 is 2.21 bits per heavy atom. The lowest BCUT2D eigenvalue weighted by Gasteiger charge is -2.24. The quantitative estimate of drug-likeness (QED) is 0.828. The van der Waals surface area contributed by atoms with Gasteiger partial charge in [-0.25, -0.2) is 0 Å². The molecule has 2 N–H and O–H groups in total. The summed E-state index contributed by atoms with van der Waals surface area (Å²) in [6.07, 6.45) is 1.47. The third kappa shape index (κ3) is 2.45. The molecular weight excluding hydrogens is 242 g/mol. The van der Waals surface area contributed by atoms with Crippen LogP contribution in [0.25, 0.3) is 0 Å². The number of hydrogen-bond acceptors (Lipinski definition) is 3. The number of carboxylic acid groups (broad SMARTS) is 1. The van der Waals surface area contributed by atoms with Gasteiger partial charge in [0.15, 0.2) is 0 Å². The summed E-state index contributed by atoms with van der Waals surface area (Å²) in [5.74, 6) is 0.152. The molecule has 1 aromatic rings. The Morgan fingerprint density at radius 3 is 2.63 bits per heavy atom. The maximum Gasteiger partial charge on any atom is 0.311 e. The number of aryl methyl sites for hydroxylation is 1. The van der Waals surface area contributed by atoms with E-state index in [1.165, 1.54) is 0 Å². The molecule has 1 saturated carbocycles. The van der Waals surface area contributed by atoms with Crippen LogP contribution in [0.1, 0.15) is 36.9 Å². The number of carbonyl (C=O) groups is 1. The zero-order valence-electron chi connectivity index (χ0n) is 11.7. The Hall–Kier alpha value is -1.55. The monoisotopic (exact) mass is 263 g/mol. The highest BCUT2D eigenvalue weighted by Gasteiger charge is 2.56. The third-order valence-corrected chi connectivity index (χ3v) is 3.89. The van der Waals surface area contributed by atoms with E-state index < -0.39 is 11.4 Å². The second-order valence-corrected chi connectivity index (χ2v) is 5.14. The molecule has 104 valence electrons. The third-order valence-electron chi connectivity index (χ3n) is 3.89. The van der Waals surface area contributed by atoms with Gasteiger partial charge in [0.2, 0.25) is 0 Å². The minimum atomic E-state index is -0.710. The Morgan fingerprint density at radius 1 is 1.53 bits per heavy atom. The van der Waals surface area contributed by atoms with Crippen molar-refractivity contribution in [2.45, 2.75) is 32.7 Å². The van der Waals surface area contributed by atoms with Gasteiger partial charge in [-0.3, -0.25) is 4.79 Å². The Bertz CT molecular complexity index is 480. The van der Waals surface area contributed by atoms with Crippen molar-refractivity contribution in [2.24, 2.45) is 5.41 Å². The predicted molar refractivity (Wildman–Crippen MR) is 73.5 cm³/mol. The van der Waals surface area contributed by atoms with Crippen molar-refractivity contribution in [3.63, 3.8) is 0 Å². The molecule has 2 rings (SSSR count). The lowest BCUT2D eigenvalue weighted by molar-refractivity contribution is -0.144. The summed E-state index contributed by atoms with van der Waals surface area (Å²) in [6, 6.07) is 5.77. The van der Waals surface area contributed by atoms with Gasteiger partial charge in [-0.15, -0.1) is 0 Å². The minimum absolute atomic E-state index is 0.139. The average Bonchev–Trinajstić information content (AvgIpc) is 3.15. The van der Waals surface area contributed by atoms with E-state index in [9.17, 15) is 9.90 Å². The highest BCUT2D eigenvalue weighted by Crippen LogP contribution is 2.55. The average molecular weight is 263 g/mol. The van der Waals surface area contributed by atoms with Crippen LogP contribution < -0.4 is 10.1 Å². The topological polar surface area (TPSA) is 58.6 Å². The van der Waals surface area contributed by atoms with Gasteiger partial charge < -0.3 is 15.2 Å². The van der Waals surface area contributed by atoms with Gasteiger partial charge >= 0.3 is 5.97 Å². The molecule has 0 amide bonds. The smallest absolute Gasteiger partial charge is 0.311 e. The van der Waals surface area contributed by atoms with Crippen LogP contribution in [0.2, 0.25) is 0 Å². The van der Waals surface area contributed by atoms with Crippen molar-refractivity contribution in [2.75, 3.05) is 13.7 Å². The van der Waals surface area contributed by atoms with E-state index in [1.807, 2.05) is 39.1 Å². The highest BCUT2D eigenvalue weighted by atomic mass is 16.5.